The molecule has 0 aromatic carbocycles. The quantitative estimate of drug-likeness (QED) is 0.828. The molecule has 0 aliphatic carbocycles. The van der Waals surface area contributed by atoms with Crippen LogP contribution in [0.15, 0.2) is 5.38 Å². The highest BCUT2D eigenvalue weighted by atomic mass is 35.5. The maximum atomic E-state index is 12.8. The summed E-state index contributed by atoms with van der Waals surface area (Å²) in [5.41, 5.74) is 1.11. The van der Waals surface area contributed by atoms with E-state index in [4.69, 9.17) is 0 Å². The predicted molar refractivity (Wildman–Crippen MR) is 107 cm³/mol. The summed E-state index contributed by atoms with van der Waals surface area (Å²) in [7, 11) is 0. The molecule has 25 heavy (non-hydrogen) atoms. The van der Waals surface area contributed by atoms with Gasteiger partial charge in [-0.15, -0.1) is 36.2 Å². The Bertz CT molecular complexity index is 570. The zero-order valence-electron chi connectivity index (χ0n) is 14.8. The second-order valence-corrected chi connectivity index (χ2v) is 8.58. The highest BCUT2D eigenvalue weighted by molar-refractivity contribution is 7.09. The Labute approximate surface area is 167 Å². The first kappa shape index (κ1) is 20.9. The average molecular weight is 406 g/mol. The third-order valence-corrected chi connectivity index (χ3v) is 6.92. The molecule has 0 spiro atoms. The van der Waals surface area contributed by atoms with Crippen molar-refractivity contribution in [2.24, 2.45) is 5.92 Å². The second kappa shape index (κ2) is 9.03. The number of thiazole rings is 1. The normalized spacial score (nSPS) is 31.2. The number of aryl methyl sites for hydroxylation is 1. The first-order valence-corrected chi connectivity index (χ1v) is 10.0. The minimum absolute atomic E-state index is 0. The molecule has 1 N–H and O–H groups in total. The number of aromatic nitrogens is 1. The van der Waals surface area contributed by atoms with E-state index < -0.39 is 0 Å². The van der Waals surface area contributed by atoms with E-state index in [1.807, 2.05) is 0 Å². The number of hydrogen-bond donors (Lipinski definition) is 1. The number of carbonyl (C=O) groups is 1. The third kappa shape index (κ3) is 4.88. The standard InChI is InChI=1S/C18H27N3OS.2ClH/c1-12-11-23-18(19-12)14-3-2-6-21(10-14)17(22)9-13-7-15-4-5-16(8-13)20-15;;/h11,13-16,20H,2-10H2,1H3;2*1H. The maximum absolute atomic E-state index is 12.8. The van der Waals surface area contributed by atoms with E-state index in [-0.39, 0.29) is 24.8 Å². The van der Waals surface area contributed by atoms with Crippen LogP contribution in [0.2, 0.25) is 0 Å². The van der Waals surface area contributed by atoms with Crippen molar-refractivity contribution in [1.29, 1.82) is 0 Å². The number of nitrogens with zero attached hydrogens (tertiary/aromatic N) is 2. The van der Waals surface area contributed by atoms with Gasteiger partial charge in [0.05, 0.1) is 5.01 Å². The van der Waals surface area contributed by atoms with Crippen LogP contribution >= 0.6 is 36.2 Å². The smallest absolute Gasteiger partial charge is 0.222 e. The van der Waals surface area contributed by atoms with Crippen LogP contribution in [0.25, 0.3) is 0 Å². The fourth-order valence-electron chi connectivity index (χ4n) is 4.68. The fourth-order valence-corrected chi connectivity index (χ4v) is 5.61. The molecule has 3 saturated heterocycles. The molecule has 3 unspecified atom stereocenters. The molecule has 3 aliphatic heterocycles. The van der Waals surface area contributed by atoms with Gasteiger partial charge in [-0.25, -0.2) is 4.98 Å². The first-order chi connectivity index (χ1) is 11.2. The predicted octanol–water partition coefficient (Wildman–Crippen LogP) is 3.92. The van der Waals surface area contributed by atoms with Crippen molar-refractivity contribution in [3.8, 4) is 0 Å². The van der Waals surface area contributed by atoms with Crippen LogP contribution in [0.4, 0.5) is 0 Å². The number of nitrogens with one attached hydrogen (secondary N) is 1. The number of rotatable bonds is 3. The number of carbonyl (C=O) groups excluding carboxylic acids is 1. The number of piperidine rings is 2. The lowest BCUT2D eigenvalue weighted by Gasteiger charge is -2.34. The molecular formula is C18H29Cl2N3OS. The van der Waals surface area contributed by atoms with E-state index in [1.165, 1.54) is 37.1 Å². The van der Waals surface area contributed by atoms with Gasteiger partial charge in [0.2, 0.25) is 5.91 Å². The Hall–Kier alpha value is -0.360. The molecular weight excluding hydrogens is 377 g/mol. The van der Waals surface area contributed by atoms with Gasteiger partial charge in [-0.05, 0) is 51.4 Å². The lowest BCUT2D eigenvalue weighted by Crippen LogP contribution is -2.43. The molecule has 4 rings (SSSR count). The summed E-state index contributed by atoms with van der Waals surface area (Å²) in [6.07, 6.45) is 8.07. The Morgan fingerprint density at radius 3 is 2.64 bits per heavy atom. The number of amides is 1. The van der Waals surface area contributed by atoms with Gasteiger partial charge in [-0.1, -0.05) is 0 Å². The van der Waals surface area contributed by atoms with Gasteiger partial charge in [0.15, 0.2) is 0 Å². The summed E-state index contributed by atoms with van der Waals surface area (Å²) < 4.78 is 0. The van der Waals surface area contributed by atoms with Crippen LogP contribution in [0, 0.1) is 12.8 Å². The Morgan fingerprint density at radius 2 is 2.00 bits per heavy atom. The van der Waals surface area contributed by atoms with E-state index in [2.05, 4.69) is 27.5 Å². The SMILES string of the molecule is Cc1csc(C2CCCN(C(=O)CC3CC4CCC(C3)N4)C2)n1.Cl.Cl. The summed E-state index contributed by atoms with van der Waals surface area (Å²) in [6.45, 7) is 3.87. The van der Waals surface area contributed by atoms with Crippen molar-refractivity contribution in [3.63, 3.8) is 0 Å². The summed E-state index contributed by atoms with van der Waals surface area (Å²) in [5.74, 6) is 1.44. The minimum atomic E-state index is 0. The van der Waals surface area contributed by atoms with E-state index in [9.17, 15) is 4.79 Å². The molecule has 3 fully saturated rings. The van der Waals surface area contributed by atoms with E-state index in [0.29, 0.717) is 29.8 Å². The lowest BCUT2D eigenvalue weighted by atomic mass is 9.88. The highest BCUT2D eigenvalue weighted by Crippen LogP contribution is 2.34. The van der Waals surface area contributed by atoms with Gasteiger partial charge >= 0.3 is 0 Å². The van der Waals surface area contributed by atoms with Gasteiger partial charge in [0.1, 0.15) is 0 Å². The maximum Gasteiger partial charge on any atom is 0.222 e. The molecule has 3 atom stereocenters. The largest absolute Gasteiger partial charge is 0.342 e. The van der Waals surface area contributed by atoms with Gasteiger partial charge < -0.3 is 10.2 Å². The molecule has 2 bridgehead atoms. The van der Waals surface area contributed by atoms with Crippen LogP contribution in [0.5, 0.6) is 0 Å². The summed E-state index contributed by atoms with van der Waals surface area (Å²) in [5, 5.41) is 7.02. The Morgan fingerprint density at radius 1 is 1.28 bits per heavy atom. The number of halogens is 2. The minimum Gasteiger partial charge on any atom is -0.342 e. The van der Waals surface area contributed by atoms with Crippen molar-refractivity contribution in [1.82, 2.24) is 15.2 Å². The topological polar surface area (TPSA) is 45.2 Å². The highest BCUT2D eigenvalue weighted by Gasteiger charge is 2.35. The number of likely N-dealkylation sites (tertiary alicyclic amines) is 1. The molecule has 4 nitrogen and oxygen atoms in total. The molecule has 0 radical (unpaired) electrons. The van der Waals surface area contributed by atoms with Gasteiger partial charge in [-0.3, -0.25) is 4.79 Å². The summed E-state index contributed by atoms with van der Waals surface area (Å²) in [6, 6.07) is 1.36. The molecule has 4 heterocycles. The van der Waals surface area contributed by atoms with E-state index in [0.717, 1.165) is 31.6 Å². The summed E-state index contributed by atoms with van der Waals surface area (Å²) in [4.78, 5) is 19.5. The monoisotopic (exact) mass is 405 g/mol. The van der Waals surface area contributed by atoms with E-state index in [1.54, 1.807) is 11.3 Å². The van der Waals surface area contributed by atoms with E-state index >= 15 is 0 Å². The van der Waals surface area contributed by atoms with Crippen LogP contribution in [0.3, 0.4) is 0 Å². The van der Waals surface area contributed by atoms with Crippen molar-refractivity contribution in [2.45, 2.75) is 69.9 Å². The molecule has 0 saturated carbocycles. The second-order valence-electron chi connectivity index (χ2n) is 7.69. The van der Waals surface area contributed by atoms with Crippen LogP contribution < -0.4 is 5.32 Å². The first-order valence-electron chi connectivity index (χ1n) is 9.13. The molecule has 142 valence electrons. The van der Waals surface area contributed by atoms with Gasteiger partial charge in [0.25, 0.3) is 0 Å². The zero-order valence-corrected chi connectivity index (χ0v) is 17.2. The van der Waals surface area contributed by atoms with Crippen LogP contribution in [-0.2, 0) is 4.79 Å². The van der Waals surface area contributed by atoms with Crippen molar-refractivity contribution in [3.05, 3.63) is 16.1 Å². The average Bonchev–Trinajstić information content (AvgIpc) is 3.13. The Kier molecular flexibility index (Phi) is 7.56. The van der Waals surface area contributed by atoms with Crippen molar-refractivity contribution >= 4 is 42.1 Å². The molecule has 1 aromatic heterocycles. The van der Waals surface area contributed by atoms with Gasteiger partial charge in [-0.2, -0.15) is 0 Å². The number of hydrogen-bond acceptors (Lipinski definition) is 4. The lowest BCUT2D eigenvalue weighted by molar-refractivity contribution is -0.133. The zero-order chi connectivity index (χ0) is 15.8. The fraction of sp³-hybridized carbons (Fsp3) is 0.778. The summed E-state index contributed by atoms with van der Waals surface area (Å²) >= 11 is 1.76. The van der Waals surface area contributed by atoms with Gasteiger partial charge in [0, 0.05) is 48.6 Å². The van der Waals surface area contributed by atoms with Crippen LogP contribution in [-0.4, -0.2) is 41.0 Å². The number of fused-ring (bicyclic) bond motifs is 2. The van der Waals surface area contributed by atoms with Crippen LogP contribution in [0.1, 0.15) is 61.6 Å². The molecule has 7 heteroatoms. The third-order valence-electron chi connectivity index (χ3n) is 5.79. The van der Waals surface area contributed by atoms with Crippen molar-refractivity contribution in [2.75, 3.05) is 13.1 Å². The van der Waals surface area contributed by atoms with Crippen molar-refractivity contribution < 1.29 is 4.79 Å². The molecule has 3 aliphatic rings. The molecule has 1 amide bonds. The molecule has 1 aromatic rings. The Balaban J connectivity index is 0.00000113.